The van der Waals surface area contributed by atoms with Crippen LogP contribution >= 0.6 is 0 Å². The summed E-state index contributed by atoms with van der Waals surface area (Å²) in [5, 5.41) is 7.12. The smallest absolute Gasteiger partial charge is 0.475 e. The first kappa shape index (κ1) is 23.7. The lowest BCUT2D eigenvalue weighted by atomic mass is 9.84. The van der Waals surface area contributed by atoms with Crippen molar-refractivity contribution in [3.05, 3.63) is 66.0 Å². The Bertz CT molecular complexity index is 899. The Kier molecular flexibility index (Phi) is 7.50. The molecule has 2 fully saturated rings. The number of carboxylic acid groups (broad SMARTS) is 1. The molecule has 1 amide bonds. The molecule has 1 aromatic heterocycles. The monoisotopic (exact) mass is 449 g/mol. The third-order valence-electron chi connectivity index (χ3n) is 6.00. The number of aliphatic carboxylic acids is 1. The summed E-state index contributed by atoms with van der Waals surface area (Å²) in [5.74, 6) is -2.44. The Balaban J connectivity index is 0.000000360. The number of alkyl halides is 3. The number of halogens is 3. The first-order valence-corrected chi connectivity index (χ1v) is 10.5. The SMILES string of the molecule is O=C(O)C(F)(F)F.O=C1CCC2(CCN(Cc3ccccn3)CC2)N1Cc1ccccc1. The van der Waals surface area contributed by atoms with Crippen LogP contribution in [-0.2, 0) is 22.7 Å². The minimum Gasteiger partial charge on any atom is -0.475 e. The van der Waals surface area contributed by atoms with Gasteiger partial charge in [-0.1, -0.05) is 36.4 Å². The Hall–Kier alpha value is -2.94. The minimum absolute atomic E-state index is 0.0630. The zero-order chi connectivity index (χ0) is 23.2. The molecular weight excluding hydrogens is 423 g/mol. The van der Waals surface area contributed by atoms with E-state index in [0.717, 1.165) is 51.1 Å². The highest BCUT2D eigenvalue weighted by atomic mass is 19.4. The lowest BCUT2D eigenvalue weighted by Gasteiger charge is -2.45. The van der Waals surface area contributed by atoms with Crippen LogP contribution in [0.1, 0.15) is 36.9 Å². The van der Waals surface area contributed by atoms with Gasteiger partial charge in [-0.25, -0.2) is 4.79 Å². The Morgan fingerprint density at radius 3 is 2.19 bits per heavy atom. The van der Waals surface area contributed by atoms with E-state index in [1.54, 1.807) is 0 Å². The van der Waals surface area contributed by atoms with Crippen LogP contribution in [0.2, 0.25) is 0 Å². The van der Waals surface area contributed by atoms with Gasteiger partial charge >= 0.3 is 12.1 Å². The molecule has 1 aromatic carbocycles. The van der Waals surface area contributed by atoms with Crippen molar-refractivity contribution in [2.24, 2.45) is 0 Å². The van der Waals surface area contributed by atoms with Crippen molar-refractivity contribution < 1.29 is 27.9 Å². The van der Waals surface area contributed by atoms with Crippen LogP contribution in [0.4, 0.5) is 13.2 Å². The molecule has 9 heteroatoms. The van der Waals surface area contributed by atoms with Crippen molar-refractivity contribution in [3.63, 3.8) is 0 Å². The molecule has 2 aromatic rings. The number of hydrogen-bond acceptors (Lipinski definition) is 4. The van der Waals surface area contributed by atoms with E-state index in [9.17, 15) is 18.0 Å². The van der Waals surface area contributed by atoms with Crippen molar-refractivity contribution >= 4 is 11.9 Å². The average molecular weight is 449 g/mol. The van der Waals surface area contributed by atoms with Gasteiger partial charge in [0.2, 0.25) is 5.91 Å². The van der Waals surface area contributed by atoms with Crippen LogP contribution in [0.15, 0.2) is 54.7 Å². The van der Waals surface area contributed by atoms with Crippen molar-refractivity contribution in [3.8, 4) is 0 Å². The highest BCUT2D eigenvalue weighted by Gasteiger charge is 2.46. The van der Waals surface area contributed by atoms with E-state index in [0.29, 0.717) is 12.3 Å². The second kappa shape index (κ2) is 10.1. The van der Waals surface area contributed by atoms with Crippen LogP contribution in [-0.4, -0.2) is 56.6 Å². The third kappa shape index (κ3) is 6.06. The molecule has 0 bridgehead atoms. The summed E-state index contributed by atoms with van der Waals surface area (Å²) in [6.07, 6.45) is 0.623. The molecule has 4 rings (SSSR count). The molecule has 1 spiro atoms. The maximum atomic E-state index is 12.5. The Labute approximate surface area is 184 Å². The van der Waals surface area contributed by atoms with E-state index in [1.165, 1.54) is 5.56 Å². The van der Waals surface area contributed by atoms with Crippen molar-refractivity contribution in [1.29, 1.82) is 0 Å². The topological polar surface area (TPSA) is 73.7 Å². The Morgan fingerprint density at radius 2 is 1.62 bits per heavy atom. The molecular formula is C23H26F3N3O3. The van der Waals surface area contributed by atoms with Gasteiger partial charge in [-0.2, -0.15) is 13.2 Å². The standard InChI is InChI=1S/C21H25N3O.C2HF3O2/c25-20-9-10-21(24(20)16-18-6-2-1-3-7-18)11-14-23(15-12-21)17-19-8-4-5-13-22-19;3-2(4,5)1(6)7/h1-8,13H,9-12,14-17H2;(H,6,7). The number of piperidine rings is 1. The van der Waals surface area contributed by atoms with E-state index in [1.807, 2.05) is 24.4 Å². The molecule has 32 heavy (non-hydrogen) atoms. The van der Waals surface area contributed by atoms with Gasteiger partial charge in [0.15, 0.2) is 0 Å². The van der Waals surface area contributed by atoms with Crippen molar-refractivity contribution in [2.75, 3.05) is 13.1 Å². The number of likely N-dealkylation sites (tertiary alicyclic amines) is 2. The molecule has 1 N–H and O–H groups in total. The summed E-state index contributed by atoms with van der Waals surface area (Å²) in [7, 11) is 0. The number of nitrogens with zero attached hydrogens (tertiary/aromatic N) is 3. The van der Waals surface area contributed by atoms with Gasteiger partial charge < -0.3 is 10.0 Å². The molecule has 2 aliphatic rings. The third-order valence-corrected chi connectivity index (χ3v) is 6.00. The number of amides is 1. The van der Waals surface area contributed by atoms with E-state index in [4.69, 9.17) is 9.90 Å². The summed E-state index contributed by atoms with van der Waals surface area (Å²) in [4.78, 5) is 30.5. The summed E-state index contributed by atoms with van der Waals surface area (Å²) in [5.41, 5.74) is 2.42. The van der Waals surface area contributed by atoms with Gasteiger partial charge in [-0.05, 0) is 37.0 Å². The van der Waals surface area contributed by atoms with Gasteiger partial charge in [0.1, 0.15) is 0 Å². The van der Waals surface area contributed by atoms with Crippen LogP contribution < -0.4 is 0 Å². The van der Waals surface area contributed by atoms with Gasteiger partial charge in [-0.15, -0.1) is 0 Å². The number of carboxylic acids is 1. The fourth-order valence-corrected chi connectivity index (χ4v) is 4.26. The zero-order valence-corrected chi connectivity index (χ0v) is 17.6. The number of aromatic nitrogens is 1. The quantitative estimate of drug-likeness (QED) is 0.767. The van der Waals surface area contributed by atoms with Gasteiger partial charge in [0.05, 0.1) is 5.69 Å². The first-order chi connectivity index (χ1) is 15.2. The highest BCUT2D eigenvalue weighted by Crippen LogP contribution is 2.40. The molecule has 0 unspecified atom stereocenters. The van der Waals surface area contributed by atoms with Gasteiger partial charge in [-0.3, -0.25) is 14.7 Å². The fourth-order valence-electron chi connectivity index (χ4n) is 4.26. The molecule has 0 aliphatic carbocycles. The van der Waals surface area contributed by atoms with Crippen LogP contribution in [0.3, 0.4) is 0 Å². The fraction of sp³-hybridized carbons (Fsp3) is 0.435. The molecule has 0 radical (unpaired) electrons. The number of hydrogen-bond donors (Lipinski definition) is 1. The normalized spacial score (nSPS) is 18.3. The molecule has 0 saturated carbocycles. The second-order valence-electron chi connectivity index (χ2n) is 8.09. The maximum Gasteiger partial charge on any atom is 0.490 e. The average Bonchev–Trinajstić information content (AvgIpc) is 3.06. The molecule has 172 valence electrons. The van der Waals surface area contributed by atoms with Gasteiger partial charge in [0, 0.05) is 44.3 Å². The van der Waals surface area contributed by atoms with E-state index >= 15 is 0 Å². The second-order valence-corrected chi connectivity index (χ2v) is 8.09. The summed E-state index contributed by atoms with van der Waals surface area (Å²) >= 11 is 0. The summed E-state index contributed by atoms with van der Waals surface area (Å²) in [6, 6.07) is 16.5. The number of rotatable bonds is 4. The lowest BCUT2D eigenvalue weighted by Crippen LogP contribution is -2.52. The number of carbonyl (C=O) groups is 2. The zero-order valence-electron chi connectivity index (χ0n) is 17.6. The molecule has 2 aliphatic heterocycles. The van der Waals surface area contributed by atoms with Gasteiger partial charge in [0.25, 0.3) is 0 Å². The van der Waals surface area contributed by atoms with Crippen LogP contribution in [0.5, 0.6) is 0 Å². The molecule has 0 atom stereocenters. The molecule has 2 saturated heterocycles. The number of pyridine rings is 1. The van der Waals surface area contributed by atoms with E-state index < -0.39 is 12.1 Å². The Morgan fingerprint density at radius 1 is 1.00 bits per heavy atom. The van der Waals surface area contributed by atoms with E-state index in [-0.39, 0.29) is 5.54 Å². The highest BCUT2D eigenvalue weighted by molar-refractivity contribution is 5.79. The predicted molar refractivity (Wildman–Crippen MR) is 111 cm³/mol. The minimum atomic E-state index is -5.08. The summed E-state index contributed by atoms with van der Waals surface area (Å²) < 4.78 is 31.7. The van der Waals surface area contributed by atoms with Crippen molar-refractivity contribution in [1.82, 2.24) is 14.8 Å². The predicted octanol–water partition coefficient (Wildman–Crippen LogP) is 3.87. The van der Waals surface area contributed by atoms with Crippen LogP contribution in [0, 0.1) is 0 Å². The molecule has 6 nitrogen and oxygen atoms in total. The lowest BCUT2D eigenvalue weighted by molar-refractivity contribution is -0.192. The van der Waals surface area contributed by atoms with E-state index in [2.05, 4.69) is 45.1 Å². The molecule has 3 heterocycles. The maximum absolute atomic E-state index is 12.5. The number of carbonyl (C=O) groups excluding carboxylic acids is 1. The summed E-state index contributed by atoms with van der Waals surface area (Å²) in [6.45, 7) is 3.73. The number of benzene rings is 1. The van der Waals surface area contributed by atoms with Crippen molar-refractivity contribution in [2.45, 2.75) is 50.5 Å². The van der Waals surface area contributed by atoms with Crippen LogP contribution in [0.25, 0.3) is 0 Å². The first-order valence-electron chi connectivity index (χ1n) is 10.5. The largest absolute Gasteiger partial charge is 0.490 e.